The van der Waals surface area contributed by atoms with Crippen LogP contribution in [0.4, 0.5) is 18.9 Å². The predicted octanol–water partition coefficient (Wildman–Crippen LogP) is 3.38. The van der Waals surface area contributed by atoms with Gasteiger partial charge in [0.05, 0.1) is 11.7 Å². The largest absolute Gasteiger partial charge is 0.460 e. The molecule has 1 aliphatic rings. The zero-order chi connectivity index (χ0) is 14.9. The van der Waals surface area contributed by atoms with E-state index in [4.69, 9.17) is 4.74 Å². The molecule has 2 rings (SSSR count). The van der Waals surface area contributed by atoms with Crippen molar-refractivity contribution in [2.75, 3.05) is 5.32 Å². The van der Waals surface area contributed by atoms with Gasteiger partial charge in [0.15, 0.2) is 6.04 Å². The third-order valence-corrected chi connectivity index (χ3v) is 2.79. The Morgan fingerprint density at radius 2 is 1.95 bits per heavy atom. The molecule has 0 saturated carbocycles. The van der Waals surface area contributed by atoms with Crippen LogP contribution in [0.5, 0.6) is 0 Å². The number of fused-ring (bicyclic) bond motifs is 1. The van der Waals surface area contributed by atoms with Crippen LogP contribution in [0.1, 0.15) is 19.4 Å². The zero-order valence-corrected chi connectivity index (χ0v) is 11.0. The van der Waals surface area contributed by atoms with Crippen molar-refractivity contribution in [2.24, 2.45) is 0 Å². The van der Waals surface area contributed by atoms with Gasteiger partial charge < -0.3 is 10.1 Å². The second kappa shape index (κ2) is 5.19. The Balaban J connectivity index is 2.42. The molecular formula is C14H14F3NO2. The van der Waals surface area contributed by atoms with Crippen molar-refractivity contribution in [2.45, 2.75) is 32.2 Å². The Kier molecular flexibility index (Phi) is 3.74. The molecule has 1 aromatic carbocycles. The highest BCUT2D eigenvalue weighted by Crippen LogP contribution is 2.35. The number of rotatable bonds is 2. The molecule has 3 nitrogen and oxygen atoms in total. The maximum Gasteiger partial charge on any atom is 0.413 e. The van der Waals surface area contributed by atoms with Gasteiger partial charge in [-0.3, -0.25) is 0 Å². The second-order valence-corrected chi connectivity index (χ2v) is 4.76. The zero-order valence-electron chi connectivity index (χ0n) is 11.0. The molecular weight excluding hydrogens is 271 g/mol. The van der Waals surface area contributed by atoms with Gasteiger partial charge in [0.2, 0.25) is 0 Å². The molecule has 1 atom stereocenters. The first kappa shape index (κ1) is 14.4. The molecule has 0 fully saturated rings. The molecule has 0 bridgehead atoms. The first-order valence-corrected chi connectivity index (χ1v) is 6.14. The molecule has 108 valence electrons. The van der Waals surface area contributed by atoms with E-state index >= 15 is 0 Å². The quantitative estimate of drug-likeness (QED) is 0.847. The Morgan fingerprint density at radius 3 is 2.55 bits per heavy atom. The van der Waals surface area contributed by atoms with Crippen LogP contribution in [0.25, 0.3) is 6.08 Å². The molecule has 6 heteroatoms. The number of esters is 1. The first-order valence-electron chi connectivity index (χ1n) is 6.14. The molecule has 0 aliphatic carbocycles. The molecule has 0 amide bonds. The molecule has 1 unspecified atom stereocenters. The van der Waals surface area contributed by atoms with E-state index in [9.17, 15) is 18.0 Å². The number of hydrogen-bond donors (Lipinski definition) is 1. The number of hydrogen-bond acceptors (Lipinski definition) is 3. The van der Waals surface area contributed by atoms with Gasteiger partial charge in [0, 0.05) is 5.69 Å². The fourth-order valence-corrected chi connectivity index (χ4v) is 1.96. The van der Waals surface area contributed by atoms with E-state index in [0.717, 1.165) is 0 Å². The van der Waals surface area contributed by atoms with E-state index in [1.807, 2.05) is 0 Å². The maximum atomic E-state index is 13.1. The average molecular weight is 285 g/mol. The van der Waals surface area contributed by atoms with Crippen LogP contribution in [0.15, 0.2) is 29.8 Å². The van der Waals surface area contributed by atoms with Crippen LogP contribution < -0.4 is 5.32 Å². The van der Waals surface area contributed by atoms with E-state index in [1.165, 1.54) is 12.1 Å². The van der Waals surface area contributed by atoms with Gasteiger partial charge in [0.25, 0.3) is 0 Å². The normalized spacial score (nSPS) is 18.1. The Morgan fingerprint density at radius 1 is 1.30 bits per heavy atom. The van der Waals surface area contributed by atoms with Crippen molar-refractivity contribution < 1.29 is 22.7 Å². The molecule has 1 heterocycles. The number of para-hydroxylation sites is 1. The molecule has 0 radical (unpaired) electrons. The minimum atomic E-state index is -4.57. The van der Waals surface area contributed by atoms with Crippen molar-refractivity contribution >= 4 is 17.7 Å². The third kappa shape index (κ3) is 2.95. The number of carbonyl (C=O) groups excluding carboxylic acids is 1. The third-order valence-electron chi connectivity index (χ3n) is 2.79. The summed E-state index contributed by atoms with van der Waals surface area (Å²) in [5.41, 5.74) is 0.449. The van der Waals surface area contributed by atoms with Gasteiger partial charge in [0.1, 0.15) is 0 Å². The number of ether oxygens (including phenoxy) is 1. The van der Waals surface area contributed by atoms with Crippen molar-refractivity contribution in [3.63, 3.8) is 0 Å². The van der Waals surface area contributed by atoms with Crippen molar-refractivity contribution in [3.8, 4) is 0 Å². The average Bonchev–Trinajstić information content (AvgIpc) is 2.35. The molecule has 20 heavy (non-hydrogen) atoms. The van der Waals surface area contributed by atoms with E-state index in [-0.39, 0.29) is 0 Å². The highest BCUT2D eigenvalue weighted by Gasteiger charge is 2.46. The van der Waals surface area contributed by atoms with E-state index in [1.54, 1.807) is 32.0 Å². The molecule has 0 aromatic heterocycles. The fraction of sp³-hybridized carbons (Fsp3) is 0.357. The number of alkyl halides is 3. The fourth-order valence-electron chi connectivity index (χ4n) is 1.96. The summed E-state index contributed by atoms with van der Waals surface area (Å²) in [6.45, 7) is 3.18. The summed E-state index contributed by atoms with van der Waals surface area (Å²) >= 11 is 0. The van der Waals surface area contributed by atoms with Crippen LogP contribution in [-0.2, 0) is 9.53 Å². The highest BCUT2D eigenvalue weighted by molar-refractivity contribution is 5.98. The lowest BCUT2D eigenvalue weighted by atomic mass is 9.97. The summed E-state index contributed by atoms with van der Waals surface area (Å²) in [7, 11) is 0. The Bertz CT molecular complexity index is 550. The van der Waals surface area contributed by atoms with Gasteiger partial charge in [-0.2, -0.15) is 13.2 Å². The van der Waals surface area contributed by atoms with Crippen LogP contribution >= 0.6 is 0 Å². The Labute approximate surface area is 114 Å². The summed E-state index contributed by atoms with van der Waals surface area (Å²) in [4.78, 5) is 11.8. The molecule has 0 spiro atoms. The lowest BCUT2D eigenvalue weighted by Gasteiger charge is -2.29. The van der Waals surface area contributed by atoms with Gasteiger partial charge in [-0.15, -0.1) is 0 Å². The van der Waals surface area contributed by atoms with Gasteiger partial charge in [-0.1, -0.05) is 18.2 Å². The SMILES string of the molecule is CC(C)OC(=O)C1=Cc2ccccc2NC1C(F)(F)F. The molecule has 1 N–H and O–H groups in total. The van der Waals surface area contributed by atoms with Crippen molar-refractivity contribution in [1.29, 1.82) is 0 Å². The minimum absolute atomic E-state index is 0.343. The van der Waals surface area contributed by atoms with Crippen LogP contribution in [0.3, 0.4) is 0 Å². The first-order chi connectivity index (χ1) is 9.29. The highest BCUT2D eigenvalue weighted by atomic mass is 19.4. The van der Waals surface area contributed by atoms with Crippen molar-refractivity contribution in [1.82, 2.24) is 0 Å². The van der Waals surface area contributed by atoms with E-state index in [0.29, 0.717) is 11.3 Å². The number of nitrogens with one attached hydrogen (secondary N) is 1. The Hall–Kier alpha value is -1.98. The van der Waals surface area contributed by atoms with Crippen LogP contribution in [-0.4, -0.2) is 24.3 Å². The summed E-state index contributed by atoms with van der Waals surface area (Å²) in [6.07, 6.45) is -3.82. The topological polar surface area (TPSA) is 38.3 Å². The summed E-state index contributed by atoms with van der Waals surface area (Å²) < 4.78 is 44.1. The summed E-state index contributed by atoms with van der Waals surface area (Å²) in [6, 6.07) is 4.44. The van der Waals surface area contributed by atoms with Crippen LogP contribution in [0, 0.1) is 0 Å². The molecule has 0 saturated heterocycles. The second-order valence-electron chi connectivity index (χ2n) is 4.76. The lowest BCUT2D eigenvalue weighted by molar-refractivity contribution is -0.152. The predicted molar refractivity (Wildman–Crippen MR) is 69.1 cm³/mol. The maximum absolute atomic E-state index is 13.1. The van der Waals surface area contributed by atoms with Gasteiger partial charge >= 0.3 is 12.1 Å². The van der Waals surface area contributed by atoms with E-state index < -0.39 is 29.9 Å². The number of anilines is 1. The standard InChI is InChI=1S/C14H14F3NO2/c1-8(2)20-13(19)10-7-9-5-3-4-6-11(9)18-12(10)14(15,16)17/h3-8,12,18H,1-2H3. The number of benzene rings is 1. The van der Waals surface area contributed by atoms with Gasteiger partial charge in [-0.05, 0) is 31.6 Å². The molecule has 1 aromatic rings. The van der Waals surface area contributed by atoms with Gasteiger partial charge in [-0.25, -0.2) is 4.79 Å². The molecule has 1 aliphatic heterocycles. The van der Waals surface area contributed by atoms with Crippen LogP contribution in [0.2, 0.25) is 0 Å². The minimum Gasteiger partial charge on any atom is -0.460 e. The van der Waals surface area contributed by atoms with E-state index in [2.05, 4.69) is 5.32 Å². The summed E-state index contributed by atoms with van der Waals surface area (Å²) in [5.74, 6) is -0.954. The number of carbonyl (C=O) groups is 1. The van der Waals surface area contributed by atoms with Crippen molar-refractivity contribution in [3.05, 3.63) is 35.4 Å². The number of halogens is 3. The summed E-state index contributed by atoms with van der Waals surface area (Å²) in [5, 5.41) is 2.35. The lowest BCUT2D eigenvalue weighted by Crippen LogP contribution is -2.42. The monoisotopic (exact) mass is 285 g/mol. The smallest absolute Gasteiger partial charge is 0.413 e.